The summed E-state index contributed by atoms with van der Waals surface area (Å²) < 4.78 is 37.8. The quantitative estimate of drug-likeness (QED) is 0.601. The number of carbonyl (C=O) groups excluding carboxylic acids is 1. The third-order valence-corrected chi connectivity index (χ3v) is 4.81. The molecule has 0 heterocycles. The molecule has 1 N–H and O–H groups in total. The highest BCUT2D eigenvalue weighted by atomic mass is 35.5. The van der Waals surface area contributed by atoms with Gasteiger partial charge in [-0.2, -0.15) is 5.10 Å². The average molecular weight is 398 g/mol. The van der Waals surface area contributed by atoms with E-state index >= 15 is 0 Å². The maximum absolute atomic E-state index is 12.9. The molecule has 0 aromatic heterocycles. The average Bonchev–Trinajstić information content (AvgIpc) is 2.58. The second-order valence-electron chi connectivity index (χ2n) is 5.49. The predicted octanol–water partition coefficient (Wildman–Crippen LogP) is 2.79. The Morgan fingerprint density at radius 1 is 1.15 bits per heavy atom. The lowest BCUT2D eigenvalue weighted by Gasteiger charge is -2.21. The van der Waals surface area contributed by atoms with Crippen molar-refractivity contribution in [2.24, 2.45) is 5.10 Å². The minimum atomic E-state index is -3.68. The van der Waals surface area contributed by atoms with Crippen molar-refractivity contribution in [3.63, 3.8) is 0 Å². The Morgan fingerprint density at radius 3 is 2.27 bits per heavy atom. The molecule has 0 aliphatic heterocycles. The number of hydrazone groups is 1. The topological polar surface area (TPSA) is 78.8 Å². The van der Waals surface area contributed by atoms with Crippen LogP contribution in [-0.2, 0) is 14.8 Å². The SMILES string of the molecule is C/C(=N/NC(=O)CN(c1ccc(Cl)cc1)S(C)(=O)=O)c1ccc(F)cc1. The molecule has 1 amide bonds. The van der Waals surface area contributed by atoms with Gasteiger partial charge in [0.1, 0.15) is 12.4 Å². The fraction of sp³-hybridized carbons (Fsp3) is 0.176. The lowest BCUT2D eigenvalue weighted by molar-refractivity contribution is -0.119. The van der Waals surface area contributed by atoms with E-state index in [4.69, 9.17) is 11.6 Å². The Kier molecular flexibility index (Phi) is 6.33. The van der Waals surface area contributed by atoms with Gasteiger partial charge >= 0.3 is 0 Å². The van der Waals surface area contributed by atoms with E-state index in [0.29, 0.717) is 22.0 Å². The molecule has 0 atom stereocenters. The Labute approximate surface area is 156 Å². The van der Waals surface area contributed by atoms with E-state index in [1.807, 2.05) is 0 Å². The maximum atomic E-state index is 12.9. The smallest absolute Gasteiger partial charge is 0.260 e. The van der Waals surface area contributed by atoms with Crippen LogP contribution in [0.15, 0.2) is 53.6 Å². The molecule has 0 saturated heterocycles. The van der Waals surface area contributed by atoms with Crippen LogP contribution in [0, 0.1) is 5.82 Å². The van der Waals surface area contributed by atoms with Gasteiger partial charge in [0.25, 0.3) is 5.91 Å². The molecule has 0 spiro atoms. The second-order valence-corrected chi connectivity index (χ2v) is 7.83. The van der Waals surface area contributed by atoms with Crippen LogP contribution in [0.25, 0.3) is 0 Å². The summed E-state index contributed by atoms with van der Waals surface area (Å²) >= 11 is 5.80. The number of rotatable bonds is 6. The van der Waals surface area contributed by atoms with Gasteiger partial charge in [0.05, 0.1) is 17.7 Å². The molecule has 0 saturated carbocycles. The fourth-order valence-electron chi connectivity index (χ4n) is 2.08. The first-order chi connectivity index (χ1) is 12.2. The number of carbonyl (C=O) groups is 1. The lowest BCUT2D eigenvalue weighted by atomic mass is 10.1. The zero-order valence-electron chi connectivity index (χ0n) is 14.1. The van der Waals surface area contributed by atoms with Crippen LogP contribution >= 0.6 is 11.6 Å². The fourth-order valence-corrected chi connectivity index (χ4v) is 3.06. The van der Waals surface area contributed by atoms with Crippen molar-refractivity contribution in [1.82, 2.24) is 5.43 Å². The molecule has 0 unspecified atom stereocenters. The second kappa shape index (κ2) is 8.29. The number of nitrogens with zero attached hydrogens (tertiary/aromatic N) is 2. The van der Waals surface area contributed by atoms with Crippen molar-refractivity contribution in [3.05, 3.63) is 64.9 Å². The Morgan fingerprint density at radius 2 is 1.73 bits per heavy atom. The van der Waals surface area contributed by atoms with Crippen LogP contribution in [0.5, 0.6) is 0 Å². The lowest BCUT2D eigenvalue weighted by Crippen LogP contribution is -2.39. The Balaban J connectivity index is 2.11. The van der Waals surface area contributed by atoms with Gasteiger partial charge in [0, 0.05) is 5.02 Å². The number of anilines is 1. The number of amides is 1. The van der Waals surface area contributed by atoms with Gasteiger partial charge in [-0.15, -0.1) is 0 Å². The van der Waals surface area contributed by atoms with E-state index < -0.39 is 22.5 Å². The van der Waals surface area contributed by atoms with E-state index in [9.17, 15) is 17.6 Å². The van der Waals surface area contributed by atoms with Crippen molar-refractivity contribution in [2.75, 3.05) is 17.1 Å². The van der Waals surface area contributed by atoms with Crippen LogP contribution in [0.1, 0.15) is 12.5 Å². The van der Waals surface area contributed by atoms with Crippen LogP contribution in [-0.4, -0.2) is 32.8 Å². The van der Waals surface area contributed by atoms with Crippen molar-refractivity contribution in [2.45, 2.75) is 6.92 Å². The minimum Gasteiger partial charge on any atom is -0.271 e. The van der Waals surface area contributed by atoms with E-state index in [-0.39, 0.29) is 5.82 Å². The van der Waals surface area contributed by atoms with Crippen LogP contribution in [0.4, 0.5) is 10.1 Å². The first kappa shape index (κ1) is 19.9. The summed E-state index contributed by atoms with van der Waals surface area (Å²) in [6.45, 7) is 1.20. The highest BCUT2D eigenvalue weighted by molar-refractivity contribution is 7.92. The summed E-state index contributed by atoms with van der Waals surface area (Å²) in [4.78, 5) is 12.1. The third kappa shape index (κ3) is 5.53. The predicted molar refractivity (Wildman–Crippen MR) is 100 cm³/mol. The maximum Gasteiger partial charge on any atom is 0.260 e. The van der Waals surface area contributed by atoms with Gasteiger partial charge in [-0.05, 0) is 48.9 Å². The number of hydrogen-bond acceptors (Lipinski definition) is 4. The molecule has 0 bridgehead atoms. The van der Waals surface area contributed by atoms with Crippen molar-refractivity contribution < 1.29 is 17.6 Å². The van der Waals surface area contributed by atoms with Gasteiger partial charge < -0.3 is 0 Å². The van der Waals surface area contributed by atoms with E-state index in [1.54, 1.807) is 6.92 Å². The van der Waals surface area contributed by atoms with Crippen LogP contribution in [0.2, 0.25) is 5.02 Å². The minimum absolute atomic E-state index is 0.311. The zero-order chi connectivity index (χ0) is 19.3. The van der Waals surface area contributed by atoms with E-state index in [2.05, 4.69) is 10.5 Å². The number of halogens is 2. The molecular weight excluding hydrogens is 381 g/mol. The standard InChI is InChI=1S/C17H17ClFN3O3S/c1-12(13-3-7-15(19)8-4-13)20-21-17(23)11-22(26(2,24)25)16-9-5-14(18)6-10-16/h3-10H,11H2,1-2H3,(H,21,23)/b20-12-. The van der Waals surface area contributed by atoms with Crippen molar-refractivity contribution in [1.29, 1.82) is 0 Å². The zero-order valence-corrected chi connectivity index (χ0v) is 15.7. The molecule has 2 aromatic rings. The molecule has 6 nitrogen and oxygen atoms in total. The molecule has 9 heteroatoms. The Bertz CT molecular complexity index is 913. The highest BCUT2D eigenvalue weighted by Crippen LogP contribution is 2.20. The molecule has 0 aliphatic carbocycles. The van der Waals surface area contributed by atoms with E-state index in [0.717, 1.165) is 10.6 Å². The van der Waals surface area contributed by atoms with Gasteiger partial charge in [0.15, 0.2) is 0 Å². The van der Waals surface area contributed by atoms with Gasteiger partial charge in [-0.3, -0.25) is 9.10 Å². The summed E-state index contributed by atoms with van der Waals surface area (Å²) in [6.07, 6.45) is 1.00. The summed E-state index contributed by atoms with van der Waals surface area (Å²) in [6, 6.07) is 11.7. The van der Waals surface area contributed by atoms with Gasteiger partial charge in [-0.1, -0.05) is 23.7 Å². The van der Waals surface area contributed by atoms with Gasteiger partial charge in [-0.25, -0.2) is 18.2 Å². The first-order valence-electron chi connectivity index (χ1n) is 7.49. The molecule has 0 aliphatic rings. The summed E-state index contributed by atoms with van der Waals surface area (Å²) in [7, 11) is -3.68. The third-order valence-electron chi connectivity index (χ3n) is 3.41. The monoisotopic (exact) mass is 397 g/mol. The van der Waals surface area contributed by atoms with Gasteiger partial charge in [0.2, 0.25) is 10.0 Å². The Hall–Kier alpha value is -2.45. The molecule has 26 heavy (non-hydrogen) atoms. The number of benzene rings is 2. The van der Waals surface area contributed by atoms with Crippen molar-refractivity contribution >= 4 is 38.9 Å². The molecule has 2 aromatic carbocycles. The molecule has 2 rings (SSSR count). The molecule has 138 valence electrons. The first-order valence-corrected chi connectivity index (χ1v) is 9.72. The normalized spacial score (nSPS) is 11.9. The molecular formula is C17H17ClFN3O3S. The summed E-state index contributed by atoms with van der Waals surface area (Å²) in [5.41, 5.74) is 3.70. The summed E-state index contributed by atoms with van der Waals surface area (Å²) in [5.74, 6) is -0.996. The molecule has 0 fully saturated rings. The number of sulfonamides is 1. The number of nitrogens with one attached hydrogen (secondary N) is 1. The summed E-state index contributed by atoms with van der Waals surface area (Å²) in [5, 5.41) is 4.37. The van der Waals surface area contributed by atoms with E-state index in [1.165, 1.54) is 48.5 Å². The van der Waals surface area contributed by atoms with Crippen molar-refractivity contribution in [3.8, 4) is 0 Å². The van der Waals surface area contributed by atoms with Crippen LogP contribution < -0.4 is 9.73 Å². The molecule has 0 radical (unpaired) electrons. The van der Waals surface area contributed by atoms with Crippen LogP contribution in [0.3, 0.4) is 0 Å². The number of hydrogen-bond donors (Lipinski definition) is 1. The largest absolute Gasteiger partial charge is 0.271 e. The highest BCUT2D eigenvalue weighted by Gasteiger charge is 2.20.